The molecule has 0 saturated heterocycles. The highest BCUT2D eigenvalue weighted by molar-refractivity contribution is 7.09. The third-order valence-corrected chi connectivity index (χ3v) is 4.46. The normalized spacial score (nSPS) is 11.3. The van der Waals surface area contributed by atoms with Crippen LogP contribution in [0.15, 0.2) is 23.6 Å². The molecule has 1 amide bonds. The second-order valence-electron chi connectivity index (χ2n) is 6.32. The van der Waals surface area contributed by atoms with Crippen molar-refractivity contribution in [1.29, 1.82) is 0 Å². The summed E-state index contributed by atoms with van der Waals surface area (Å²) < 4.78 is 0. The average molecular weight is 331 g/mol. The molecule has 23 heavy (non-hydrogen) atoms. The van der Waals surface area contributed by atoms with Gasteiger partial charge in [-0.25, -0.2) is 4.98 Å². The van der Waals surface area contributed by atoms with Crippen molar-refractivity contribution >= 4 is 17.2 Å². The van der Waals surface area contributed by atoms with Crippen LogP contribution in [0.2, 0.25) is 0 Å². The minimum absolute atomic E-state index is 0.0495. The van der Waals surface area contributed by atoms with Gasteiger partial charge in [0.05, 0.1) is 18.8 Å². The molecule has 124 valence electrons. The van der Waals surface area contributed by atoms with Gasteiger partial charge in [-0.05, 0) is 51.9 Å². The van der Waals surface area contributed by atoms with Gasteiger partial charge >= 0.3 is 0 Å². The van der Waals surface area contributed by atoms with E-state index in [-0.39, 0.29) is 11.9 Å². The maximum absolute atomic E-state index is 11.8. The smallest absolute Gasteiger partial charge is 0.234 e. The van der Waals surface area contributed by atoms with Gasteiger partial charge in [0.25, 0.3) is 0 Å². The SMILES string of the molecule is Cc1ccc(-c2csc(CN(C)CC(=O)NC(C)C)n2)cc1C. The summed E-state index contributed by atoms with van der Waals surface area (Å²) in [5, 5.41) is 6.02. The Bertz CT molecular complexity index is 679. The van der Waals surface area contributed by atoms with Gasteiger partial charge in [0, 0.05) is 17.0 Å². The van der Waals surface area contributed by atoms with Gasteiger partial charge in [-0.15, -0.1) is 11.3 Å². The Morgan fingerprint density at radius 3 is 2.70 bits per heavy atom. The van der Waals surface area contributed by atoms with E-state index in [4.69, 9.17) is 4.98 Å². The van der Waals surface area contributed by atoms with Crippen molar-refractivity contribution in [1.82, 2.24) is 15.2 Å². The number of rotatable bonds is 6. The molecule has 2 rings (SSSR count). The number of benzene rings is 1. The molecule has 1 N–H and O–H groups in total. The number of thiazole rings is 1. The van der Waals surface area contributed by atoms with E-state index in [1.54, 1.807) is 11.3 Å². The minimum Gasteiger partial charge on any atom is -0.353 e. The second-order valence-corrected chi connectivity index (χ2v) is 7.26. The Balaban J connectivity index is 1.99. The summed E-state index contributed by atoms with van der Waals surface area (Å²) >= 11 is 1.64. The summed E-state index contributed by atoms with van der Waals surface area (Å²) in [6.07, 6.45) is 0. The lowest BCUT2D eigenvalue weighted by Crippen LogP contribution is -2.38. The molecule has 0 aliphatic heterocycles. The van der Waals surface area contributed by atoms with E-state index in [9.17, 15) is 4.79 Å². The van der Waals surface area contributed by atoms with Crippen LogP contribution in [0.1, 0.15) is 30.0 Å². The van der Waals surface area contributed by atoms with E-state index in [0.29, 0.717) is 13.1 Å². The predicted octanol–water partition coefficient (Wildman–Crippen LogP) is 3.38. The van der Waals surface area contributed by atoms with Crippen LogP contribution < -0.4 is 5.32 Å². The molecule has 0 fully saturated rings. The third-order valence-electron chi connectivity index (χ3n) is 3.62. The highest BCUT2D eigenvalue weighted by atomic mass is 32.1. The fourth-order valence-electron chi connectivity index (χ4n) is 2.32. The van der Waals surface area contributed by atoms with Gasteiger partial charge < -0.3 is 5.32 Å². The van der Waals surface area contributed by atoms with Crippen LogP contribution in [0.4, 0.5) is 0 Å². The van der Waals surface area contributed by atoms with Gasteiger partial charge in [0.15, 0.2) is 0 Å². The molecule has 1 aromatic carbocycles. The van der Waals surface area contributed by atoms with Crippen molar-refractivity contribution in [2.24, 2.45) is 0 Å². The number of amides is 1. The number of nitrogens with zero attached hydrogens (tertiary/aromatic N) is 2. The van der Waals surface area contributed by atoms with Crippen molar-refractivity contribution in [3.8, 4) is 11.3 Å². The molecular weight excluding hydrogens is 306 g/mol. The average Bonchev–Trinajstić information content (AvgIpc) is 2.89. The topological polar surface area (TPSA) is 45.2 Å². The first-order valence-corrected chi connectivity index (χ1v) is 8.73. The Morgan fingerprint density at radius 2 is 2.04 bits per heavy atom. The first-order valence-electron chi connectivity index (χ1n) is 7.85. The lowest BCUT2D eigenvalue weighted by Gasteiger charge is -2.16. The molecule has 4 nitrogen and oxygen atoms in total. The molecule has 0 radical (unpaired) electrons. The van der Waals surface area contributed by atoms with E-state index in [0.717, 1.165) is 16.3 Å². The Morgan fingerprint density at radius 1 is 1.30 bits per heavy atom. The van der Waals surface area contributed by atoms with Crippen molar-refractivity contribution in [3.63, 3.8) is 0 Å². The van der Waals surface area contributed by atoms with Crippen LogP contribution in [0, 0.1) is 13.8 Å². The van der Waals surface area contributed by atoms with Crippen LogP contribution >= 0.6 is 11.3 Å². The van der Waals surface area contributed by atoms with Crippen molar-refractivity contribution in [2.75, 3.05) is 13.6 Å². The van der Waals surface area contributed by atoms with Gasteiger partial charge in [0.1, 0.15) is 5.01 Å². The van der Waals surface area contributed by atoms with E-state index in [1.165, 1.54) is 11.1 Å². The quantitative estimate of drug-likeness (QED) is 0.882. The summed E-state index contributed by atoms with van der Waals surface area (Å²) in [5.41, 5.74) is 4.73. The lowest BCUT2D eigenvalue weighted by atomic mass is 10.1. The first-order chi connectivity index (χ1) is 10.8. The number of likely N-dealkylation sites (N-methyl/N-ethyl adjacent to an activating group) is 1. The summed E-state index contributed by atoms with van der Waals surface area (Å²) in [6.45, 7) is 9.23. The zero-order valence-corrected chi connectivity index (χ0v) is 15.3. The Labute approximate surface area is 142 Å². The van der Waals surface area contributed by atoms with Crippen LogP contribution in [-0.2, 0) is 11.3 Å². The highest BCUT2D eigenvalue weighted by Crippen LogP contribution is 2.24. The number of aryl methyl sites for hydroxylation is 2. The summed E-state index contributed by atoms with van der Waals surface area (Å²) in [4.78, 5) is 18.5. The maximum Gasteiger partial charge on any atom is 0.234 e. The zero-order chi connectivity index (χ0) is 17.0. The molecular formula is C18H25N3OS. The molecule has 0 saturated carbocycles. The fourth-order valence-corrected chi connectivity index (χ4v) is 3.20. The van der Waals surface area contributed by atoms with E-state index < -0.39 is 0 Å². The number of aromatic nitrogens is 1. The lowest BCUT2D eigenvalue weighted by molar-refractivity contribution is -0.122. The van der Waals surface area contributed by atoms with Gasteiger partial charge in [0.2, 0.25) is 5.91 Å². The number of nitrogens with one attached hydrogen (secondary N) is 1. The molecule has 0 aliphatic rings. The molecule has 0 spiro atoms. The minimum atomic E-state index is 0.0495. The van der Waals surface area contributed by atoms with Gasteiger partial charge in [-0.1, -0.05) is 12.1 Å². The van der Waals surface area contributed by atoms with Gasteiger partial charge in [-0.2, -0.15) is 0 Å². The van der Waals surface area contributed by atoms with E-state index >= 15 is 0 Å². The highest BCUT2D eigenvalue weighted by Gasteiger charge is 2.11. The van der Waals surface area contributed by atoms with E-state index in [1.807, 2.05) is 25.8 Å². The van der Waals surface area contributed by atoms with Crippen LogP contribution in [-0.4, -0.2) is 35.4 Å². The van der Waals surface area contributed by atoms with E-state index in [2.05, 4.69) is 42.7 Å². The zero-order valence-electron chi connectivity index (χ0n) is 14.5. The molecule has 5 heteroatoms. The van der Waals surface area contributed by atoms with Crippen LogP contribution in [0.5, 0.6) is 0 Å². The monoisotopic (exact) mass is 331 g/mol. The fraction of sp³-hybridized carbons (Fsp3) is 0.444. The third kappa shape index (κ3) is 5.15. The molecule has 0 aliphatic carbocycles. The molecule has 1 heterocycles. The van der Waals surface area contributed by atoms with Crippen LogP contribution in [0.3, 0.4) is 0 Å². The number of carbonyl (C=O) groups excluding carboxylic acids is 1. The Hall–Kier alpha value is -1.72. The number of carbonyl (C=O) groups is 1. The summed E-state index contributed by atoms with van der Waals surface area (Å²) in [5.74, 6) is 0.0495. The maximum atomic E-state index is 11.8. The van der Waals surface area contributed by atoms with Gasteiger partial charge in [-0.3, -0.25) is 9.69 Å². The van der Waals surface area contributed by atoms with Crippen molar-refractivity contribution < 1.29 is 4.79 Å². The number of hydrogen-bond acceptors (Lipinski definition) is 4. The van der Waals surface area contributed by atoms with Crippen molar-refractivity contribution in [3.05, 3.63) is 39.7 Å². The Kier molecular flexibility index (Phi) is 5.91. The predicted molar refractivity (Wildman–Crippen MR) is 96.6 cm³/mol. The number of hydrogen-bond donors (Lipinski definition) is 1. The molecule has 0 atom stereocenters. The summed E-state index contributed by atoms with van der Waals surface area (Å²) in [7, 11) is 1.94. The first kappa shape index (κ1) is 17.6. The second kappa shape index (κ2) is 7.70. The molecule has 2 aromatic rings. The summed E-state index contributed by atoms with van der Waals surface area (Å²) in [6, 6.07) is 6.59. The molecule has 0 unspecified atom stereocenters. The standard InChI is InChI=1S/C18H25N3OS/c1-12(2)19-17(22)9-21(5)10-18-20-16(11-23-18)15-7-6-13(3)14(4)8-15/h6-8,11-12H,9-10H2,1-5H3,(H,19,22). The van der Waals surface area contributed by atoms with Crippen LogP contribution in [0.25, 0.3) is 11.3 Å². The molecule has 1 aromatic heterocycles. The van der Waals surface area contributed by atoms with Crippen molar-refractivity contribution in [2.45, 2.75) is 40.3 Å². The molecule has 0 bridgehead atoms. The largest absolute Gasteiger partial charge is 0.353 e.